The number of rotatable bonds is 8. The lowest BCUT2D eigenvalue weighted by molar-refractivity contribution is 0.247. The first-order valence-corrected chi connectivity index (χ1v) is 7.20. The van der Waals surface area contributed by atoms with Crippen LogP contribution in [0.1, 0.15) is 33.1 Å². The molecular formula is C16H22N2O2. The summed E-state index contributed by atoms with van der Waals surface area (Å²) in [5.74, 6) is 1.49. The van der Waals surface area contributed by atoms with Crippen molar-refractivity contribution in [1.82, 2.24) is 5.32 Å². The van der Waals surface area contributed by atoms with E-state index in [9.17, 15) is 5.26 Å². The van der Waals surface area contributed by atoms with Crippen LogP contribution >= 0.6 is 0 Å². The molecule has 1 unspecified atom stereocenters. The van der Waals surface area contributed by atoms with Crippen molar-refractivity contribution in [2.24, 2.45) is 0 Å². The third-order valence-corrected chi connectivity index (χ3v) is 3.36. The Morgan fingerprint density at radius 2 is 1.95 bits per heavy atom. The molecule has 1 aromatic carbocycles. The van der Waals surface area contributed by atoms with Crippen LogP contribution in [0.25, 0.3) is 0 Å². The van der Waals surface area contributed by atoms with Gasteiger partial charge in [0, 0.05) is 12.5 Å². The predicted molar refractivity (Wildman–Crippen MR) is 77.9 cm³/mol. The summed E-state index contributed by atoms with van der Waals surface area (Å²) in [6, 6.07) is 10.5. The maximum atomic E-state index is 9.31. The van der Waals surface area contributed by atoms with Crippen LogP contribution in [0.4, 0.5) is 0 Å². The van der Waals surface area contributed by atoms with Crippen molar-refractivity contribution in [3.63, 3.8) is 0 Å². The molecule has 2 rings (SSSR count). The molecule has 1 fully saturated rings. The van der Waals surface area contributed by atoms with Crippen molar-refractivity contribution in [1.29, 1.82) is 5.26 Å². The smallest absolute Gasteiger partial charge is 0.161 e. The van der Waals surface area contributed by atoms with Crippen molar-refractivity contribution in [2.45, 2.75) is 44.7 Å². The van der Waals surface area contributed by atoms with Crippen LogP contribution in [0.2, 0.25) is 0 Å². The fourth-order valence-electron chi connectivity index (χ4n) is 2.05. The second kappa shape index (κ2) is 6.62. The number of nitrogens with zero attached hydrogens (tertiary/aromatic N) is 1. The predicted octanol–water partition coefficient (Wildman–Crippen LogP) is 2.89. The van der Waals surface area contributed by atoms with Gasteiger partial charge in [-0.3, -0.25) is 5.32 Å². The van der Waals surface area contributed by atoms with Crippen molar-refractivity contribution >= 4 is 0 Å². The summed E-state index contributed by atoms with van der Waals surface area (Å²) in [5.41, 5.74) is -0.512. The number of nitrogens with one attached hydrogen (secondary N) is 1. The fourth-order valence-corrected chi connectivity index (χ4v) is 2.05. The van der Waals surface area contributed by atoms with Crippen LogP contribution in [0, 0.1) is 11.3 Å². The van der Waals surface area contributed by atoms with Crippen LogP contribution in [0.5, 0.6) is 11.5 Å². The Balaban J connectivity index is 1.87. The van der Waals surface area contributed by atoms with Crippen LogP contribution in [-0.2, 0) is 0 Å². The molecule has 108 valence electrons. The van der Waals surface area contributed by atoms with Gasteiger partial charge in [0.2, 0.25) is 0 Å². The second-order valence-corrected chi connectivity index (χ2v) is 5.34. The maximum absolute atomic E-state index is 9.31. The zero-order chi connectivity index (χ0) is 14.4. The lowest BCUT2D eigenvalue weighted by atomic mass is 10.0. The topological polar surface area (TPSA) is 54.3 Å². The highest BCUT2D eigenvalue weighted by molar-refractivity contribution is 5.39. The van der Waals surface area contributed by atoms with E-state index >= 15 is 0 Å². The van der Waals surface area contributed by atoms with Gasteiger partial charge < -0.3 is 9.47 Å². The molecule has 0 saturated heterocycles. The first-order chi connectivity index (χ1) is 9.67. The van der Waals surface area contributed by atoms with Gasteiger partial charge in [0.25, 0.3) is 0 Å². The Hall–Kier alpha value is -1.73. The minimum Gasteiger partial charge on any atom is -0.490 e. The van der Waals surface area contributed by atoms with Gasteiger partial charge in [0.15, 0.2) is 11.5 Å². The molecule has 1 aliphatic rings. The van der Waals surface area contributed by atoms with Crippen LogP contribution in [-0.4, -0.2) is 24.8 Å². The molecule has 0 aliphatic heterocycles. The third-order valence-electron chi connectivity index (χ3n) is 3.36. The number of nitriles is 1. The number of benzene rings is 1. The minimum absolute atomic E-state index is 0.494. The van der Waals surface area contributed by atoms with E-state index < -0.39 is 5.54 Å². The molecule has 4 heteroatoms. The van der Waals surface area contributed by atoms with Crippen LogP contribution in [0.15, 0.2) is 24.3 Å². The van der Waals surface area contributed by atoms with Crippen molar-refractivity contribution < 1.29 is 9.47 Å². The minimum atomic E-state index is -0.512. The summed E-state index contributed by atoms with van der Waals surface area (Å²) in [6.07, 6.45) is 3.00. The molecular weight excluding hydrogens is 252 g/mol. The van der Waals surface area contributed by atoms with Crippen LogP contribution in [0.3, 0.4) is 0 Å². The van der Waals surface area contributed by atoms with Crippen molar-refractivity contribution in [3.05, 3.63) is 24.3 Å². The second-order valence-electron chi connectivity index (χ2n) is 5.34. The highest BCUT2D eigenvalue weighted by Gasteiger charge is 2.32. The van der Waals surface area contributed by atoms with Gasteiger partial charge in [-0.1, -0.05) is 12.1 Å². The van der Waals surface area contributed by atoms with Gasteiger partial charge >= 0.3 is 0 Å². The molecule has 4 nitrogen and oxygen atoms in total. The molecule has 1 aliphatic carbocycles. The Labute approximate surface area is 120 Å². The van der Waals surface area contributed by atoms with E-state index in [2.05, 4.69) is 11.4 Å². The fraction of sp³-hybridized carbons (Fsp3) is 0.562. The average Bonchev–Trinajstić information content (AvgIpc) is 3.25. The number of para-hydroxylation sites is 2. The van der Waals surface area contributed by atoms with Gasteiger partial charge in [-0.25, -0.2) is 0 Å². The van der Waals surface area contributed by atoms with E-state index in [1.165, 1.54) is 12.8 Å². The first kappa shape index (κ1) is 14.7. The van der Waals surface area contributed by atoms with Crippen molar-refractivity contribution in [3.8, 4) is 17.6 Å². The number of ether oxygens (including phenoxy) is 2. The molecule has 1 N–H and O–H groups in total. The van der Waals surface area contributed by atoms with E-state index in [1.807, 2.05) is 38.1 Å². The highest BCUT2D eigenvalue weighted by Crippen LogP contribution is 2.27. The summed E-state index contributed by atoms with van der Waals surface area (Å²) in [5, 5.41) is 12.7. The molecule has 0 radical (unpaired) electrons. The average molecular weight is 274 g/mol. The van der Waals surface area contributed by atoms with Gasteiger partial charge in [-0.05, 0) is 38.8 Å². The van der Waals surface area contributed by atoms with E-state index in [-0.39, 0.29) is 0 Å². The molecule has 20 heavy (non-hydrogen) atoms. The standard InChI is InChI=1S/C16H22N2O2/c1-3-19-14-6-4-5-7-15(14)20-11-10-16(2,12-17)18-13-8-9-13/h4-7,13,18H,3,8-11H2,1-2H3. The summed E-state index contributed by atoms with van der Waals surface area (Å²) < 4.78 is 11.3. The summed E-state index contributed by atoms with van der Waals surface area (Å²) in [4.78, 5) is 0. The van der Waals surface area contributed by atoms with E-state index in [1.54, 1.807) is 0 Å². The summed E-state index contributed by atoms with van der Waals surface area (Å²) >= 11 is 0. The van der Waals surface area contributed by atoms with E-state index in [0.717, 1.165) is 11.5 Å². The van der Waals surface area contributed by atoms with Gasteiger partial charge in [-0.2, -0.15) is 5.26 Å². The zero-order valence-corrected chi connectivity index (χ0v) is 12.2. The van der Waals surface area contributed by atoms with Gasteiger partial charge in [-0.15, -0.1) is 0 Å². The molecule has 1 saturated carbocycles. The Morgan fingerprint density at radius 1 is 1.30 bits per heavy atom. The number of hydrogen-bond donors (Lipinski definition) is 1. The Morgan fingerprint density at radius 3 is 2.50 bits per heavy atom. The van der Waals surface area contributed by atoms with Gasteiger partial charge in [0.05, 0.1) is 19.3 Å². The highest BCUT2D eigenvalue weighted by atomic mass is 16.5. The lowest BCUT2D eigenvalue weighted by Gasteiger charge is -2.23. The lowest BCUT2D eigenvalue weighted by Crippen LogP contribution is -2.43. The number of hydrogen-bond acceptors (Lipinski definition) is 4. The Bertz CT molecular complexity index is 480. The van der Waals surface area contributed by atoms with Gasteiger partial charge in [0.1, 0.15) is 5.54 Å². The molecule has 1 aromatic rings. The van der Waals surface area contributed by atoms with E-state index in [0.29, 0.717) is 25.7 Å². The normalized spacial score (nSPS) is 17.1. The summed E-state index contributed by atoms with van der Waals surface area (Å²) in [6.45, 7) is 4.99. The van der Waals surface area contributed by atoms with E-state index in [4.69, 9.17) is 9.47 Å². The zero-order valence-electron chi connectivity index (χ0n) is 12.2. The third kappa shape index (κ3) is 4.14. The largest absolute Gasteiger partial charge is 0.490 e. The monoisotopic (exact) mass is 274 g/mol. The molecule has 0 amide bonds. The van der Waals surface area contributed by atoms with Crippen LogP contribution < -0.4 is 14.8 Å². The molecule has 0 bridgehead atoms. The Kier molecular flexibility index (Phi) is 4.86. The molecule has 0 heterocycles. The SMILES string of the molecule is CCOc1ccccc1OCCC(C)(C#N)NC1CC1. The molecule has 0 spiro atoms. The molecule has 1 atom stereocenters. The summed E-state index contributed by atoms with van der Waals surface area (Å²) in [7, 11) is 0. The first-order valence-electron chi connectivity index (χ1n) is 7.20. The molecule has 0 aromatic heterocycles. The van der Waals surface area contributed by atoms with Crippen molar-refractivity contribution in [2.75, 3.05) is 13.2 Å². The maximum Gasteiger partial charge on any atom is 0.161 e. The quantitative estimate of drug-likeness (QED) is 0.792.